The Hall–Kier alpha value is -1.88. The number of aliphatic hydroxyl groups is 1. The SMILES string of the molecule is CCOC(=O)C(O)c1cccc2nc(C)n(C)c12. The van der Waals surface area contributed by atoms with E-state index in [4.69, 9.17) is 4.74 Å². The summed E-state index contributed by atoms with van der Waals surface area (Å²) in [6, 6.07) is 5.33. The number of carbonyl (C=O) groups excluding carboxylic acids is 1. The van der Waals surface area contributed by atoms with E-state index in [0.717, 1.165) is 16.9 Å². The molecule has 1 aromatic carbocycles. The second-order valence-corrected chi connectivity index (χ2v) is 4.09. The molecule has 2 rings (SSSR count). The van der Waals surface area contributed by atoms with Crippen LogP contribution in [-0.2, 0) is 16.6 Å². The topological polar surface area (TPSA) is 64.3 Å². The molecule has 2 aromatic rings. The van der Waals surface area contributed by atoms with Crippen LogP contribution in [0.2, 0.25) is 0 Å². The molecule has 0 saturated heterocycles. The van der Waals surface area contributed by atoms with Crippen molar-refractivity contribution in [3.05, 3.63) is 29.6 Å². The fraction of sp³-hybridized carbons (Fsp3) is 0.385. The Balaban J connectivity index is 2.54. The smallest absolute Gasteiger partial charge is 0.339 e. The Morgan fingerprint density at radius 2 is 2.28 bits per heavy atom. The maximum atomic E-state index is 11.6. The molecule has 0 fully saturated rings. The predicted molar refractivity (Wildman–Crippen MR) is 67.0 cm³/mol. The molecule has 1 aromatic heterocycles. The van der Waals surface area contributed by atoms with Gasteiger partial charge in [-0.1, -0.05) is 12.1 Å². The second kappa shape index (κ2) is 4.78. The first kappa shape index (κ1) is 12.6. The zero-order valence-electron chi connectivity index (χ0n) is 10.7. The molecule has 0 aliphatic heterocycles. The molecule has 5 heteroatoms. The van der Waals surface area contributed by atoms with E-state index in [1.54, 1.807) is 19.1 Å². The average molecular weight is 248 g/mol. The van der Waals surface area contributed by atoms with Gasteiger partial charge in [-0.25, -0.2) is 9.78 Å². The summed E-state index contributed by atoms with van der Waals surface area (Å²) in [5.74, 6) is 0.192. The summed E-state index contributed by atoms with van der Waals surface area (Å²) in [6.45, 7) is 3.83. The Kier molecular flexibility index (Phi) is 3.34. The molecule has 0 saturated carbocycles. The van der Waals surface area contributed by atoms with Crippen molar-refractivity contribution in [3.8, 4) is 0 Å². The summed E-state index contributed by atoms with van der Waals surface area (Å²) >= 11 is 0. The number of para-hydroxylation sites is 1. The summed E-state index contributed by atoms with van der Waals surface area (Å²) < 4.78 is 6.69. The highest BCUT2D eigenvalue weighted by molar-refractivity contribution is 5.86. The van der Waals surface area contributed by atoms with E-state index in [1.165, 1.54) is 0 Å². The molecule has 1 unspecified atom stereocenters. The van der Waals surface area contributed by atoms with Gasteiger partial charge in [-0.2, -0.15) is 0 Å². The van der Waals surface area contributed by atoms with E-state index in [-0.39, 0.29) is 6.61 Å². The predicted octanol–water partition coefficient (Wildman–Crippen LogP) is 1.48. The van der Waals surface area contributed by atoms with Crippen LogP contribution >= 0.6 is 0 Å². The van der Waals surface area contributed by atoms with Gasteiger partial charge in [0.15, 0.2) is 6.10 Å². The second-order valence-electron chi connectivity index (χ2n) is 4.09. The number of aryl methyl sites for hydroxylation is 2. The highest BCUT2D eigenvalue weighted by Crippen LogP contribution is 2.25. The van der Waals surface area contributed by atoms with Gasteiger partial charge in [0.2, 0.25) is 0 Å². The maximum absolute atomic E-state index is 11.6. The van der Waals surface area contributed by atoms with Crippen molar-refractivity contribution in [3.63, 3.8) is 0 Å². The molecule has 0 aliphatic carbocycles. The third-order valence-corrected chi connectivity index (χ3v) is 2.95. The molecule has 0 radical (unpaired) electrons. The fourth-order valence-electron chi connectivity index (χ4n) is 1.98. The fourth-order valence-corrected chi connectivity index (χ4v) is 1.98. The zero-order chi connectivity index (χ0) is 13.3. The van der Waals surface area contributed by atoms with Crippen LogP contribution in [0.25, 0.3) is 11.0 Å². The highest BCUT2D eigenvalue weighted by Gasteiger charge is 2.22. The van der Waals surface area contributed by atoms with Gasteiger partial charge in [-0.05, 0) is 19.9 Å². The summed E-state index contributed by atoms with van der Waals surface area (Å²) in [7, 11) is 1.85. The van der Waals surface area contributed by atoms with Crippen LogP contribution in [0.5, 0.6) is 0 Å². The van der Waals surface area contributed by atoms with E-state index in [9.17, 15) is 9.90 Å². The third-order valence-electron chi connectivity index (χ3n) is 2.95. The third kappa shape index (κ3) is 1.97. The number of nitrogens with zero attached hydrogens (tertiary/aromatic N) is 2. The van der Waals surface area contributed by atoms with Crippen molar-refractivity contribution in [1.82, 2.24) is 9.55 Å². The first-order chi connectivity index (χ1) is 8.56. The molecule has 0 amide bonds. The highest BCUT2D eigenvalue weighted by atomic mass is 16.5. The molecule has 1 heterocycles. The Labute approximate surface area is 105 Å². The quantitative estimate of drug-likeness (QED) is 0.836. The first-order valence-corrected chi connectivity index (χ1v) is 5.83. The number of aromatic nitrogens is 2. The molecule has 0 bridgehead atoms. The van der Waals surface area contributed by atoms with E-state index < -0.39 is 12.1 Å². The Bertz CT molecular complexity index is 589. The lowest BCUT2D eigenvalue weighted by Crippen LogP contribution is -2.16. The number of aliphatic hydroxyl groups excluding tert-OH is 1. The van der Waals surface area contributed by atoms with Crippen LogP contribution in [0, 0.1) is 6.92 Å². The number of esters is 1. The van der Waals surface area contributed by atoms with Gasteiger partial charge in [-0.3, -0.25) is 0 Å². The molecule has 0 aliphatic rings. The molecule has 18 heavy (non-hydrogen) atoms. The number of benzene rings is 1. The van der Waals surface area contributed by atoms with Gasteiger partial charge in [-0.15, -0.1) is 0 Å². The van der Waals surface area contributed by atoms with Crippen molar-refractivity contribution in [2.75, 3.05) is 6.61 Å². The lowest BCUT2D eigenvalue weighted by atomic mass is 10.1. The van der Waals surface area contributed by atoms with Crippen LogP contribution in [0.1, 0.15) is 24.4 Å². The van der Waals surface area contributed by atoms with Crippen molar-refractivity contribution in [2.24, 2.45) is 7.05 Å². The van der Waals surface area contributed by atoms with Gasteiger partial charge < -0.3 is 14.4 Å². The number of fused-ring (bicyclic) bond motifs is 1. The van der Waals surface area contributed by atoms with E-state index >= 15 is 0 Å². The number of carbonyl (C=O) groups is 1. The van der Waals surface area contributed by atoms with Crippen molar-refractivity contribution in [1.29, 1.82) is 0 Å². The normalized spacial score (nSPS) is 12.7. The minimum Gasteiger partial charge on any atom is -0.464 e. The van der Waals surface area contributed by atoms with E-state index in [0.29, 0.717) is 5.56 Å². The number of rotatable bonds is 3. The molecule has 1 N–H and O–H groups in total. The van der Waals surface area contributed by atoms with Crippen molar-refractivity contribution >= 4 is 17.0 Å². The number of imidazole rings is 1. The summed E-state index contributed by atoms with van der Waals surface area (Å²) in [5.41, 5.74) is 2.04. The molecule has 1 atom stereocenters. The molecule has 0 spiro atoms. The summed E-state index contributed by atoms with van der Waals surface area (Å²) in [5, 5.41) is 10.0. The molecule has 5 nitrogen and oxygen atoms in total. The van der Waals surface area contributed by atoms with Crippen LogP contribution in [-0.4, -0.2) is 27.2 Å². The maximum Gasteiger partial charge on any atom is 0.339 e. The minimum absolute atomic E-state index is 0.246. The lowest BCUT2D eigenvalue weighted by molar-refractivity contribution is -0.153. The molecular weight excluding hydrogens is 232 g/mol. The molecule has 96 valence electrons. The van der Waals surface area contributed by atoms with Gasteiger partial charge in [0.25, 0.3) is 0 Å². The molecular formula is C13H16N2O3. The van der Waals surface area contributed by atoms with Crippen LogP contribution in [0.4, 0.5) is 0 Å². The van der Waals surface area contributed by atoms with Crippen molar-refractivity contribution in [2.45, 2.75) is 20.0 Å². The van der Waals surface area contributed by atoms with Gasteiger partial charge in [0, 0.05) is 12.6 Å². The van der Waals surface area contributed by atoms with E-state index in [1.807, 2.05) is 24.6 Å². The monoisotopic (exact) mass is 248 g/mol. The minimum atomic E-state index is -1.27. The van der Waals surface area contributed by atoms with Crippen molar-refractivity contribution < 1.29 is 14.6 Å². The first-order valence-electron chi connectivity index (χ1n) is 5.83. The number of hydrogen-bond acceptors (Lipinski definition) is 4. The Morgan fingerprint density at radius 3 is 2.94 bits per heavy atom. The van der Waals surface area contributed by atoms with E-state index in [2.05, 4.69) is 4.98 Å². The summed E-state index contributed by atoms with van der Waals surface area (Å²) in [4.78, 5) is 16.0. The summed E-state index contributed by atoms with van der Waals surface area (Å²) in [6.07, 6.45) is -1.27. The van der Waals surface area contributed by atoms with Gasteiger partial charge >= 0.3 is 5.97 Å². The van der Waals surface area contributed by atoms with Gasteiger partial charge in [0.1, 0.15) is 5.82 Å². The standard InChI is InChI=1S/C13H16N2O3/c1-4-18-13(17)12(16)9-6-5-7-10-11(9)15(3)8(2)14-10/h5-7,12,16H,4H2,1-3H3. The number of ether oxygens (including phenoxy) is 1. The largest absolute Gasteiger partial charge is 0.464 e. The zero-order valence-corrected chi connectivity index (χ0v) is 10.7. The van der Waals surface area contributed by atoms with Crippen LogP contribution in [0.15, 0.2) is 18.2 Å². The number of hydrogen-bond donors (Lipinski definition) is 1. The average Bonchev–Trinajstić information content (AvgIpc) is 2.64. The van der Waals surface area contributed by atoms with Crippen LogP contribution in [0.3, 0.4) is 0 Å². The van der Waals surface area contributed by atoms with Gasteiger partial charge in [0.05, 0.1) is 17.6 Å². The lowest BCUT2D eigenvalue weighted by Gasteiger charge is -2.12. The van der Waals surface area contributed by atoms with Crippen LogP contribution < -0.4 is 0 Å². The Morgan fingerprint density at radius 1 is 1.56 bits per heavy atom.